The van der Waals surface area contributed by atoms with Crippen molar-refractivity contribution in [2.45, 2.75) is 38.1 Å². The Bertz CT molecular complexity index is 814. The summed E-state index contributed by atoms with van der Waals surface area (Å²) in [6, 6.07) is 14.8. The summed E-state index contributed by atoms with van der Waals surface area (Å²) in [6.45, 7) is 4.53. The molecule has 0 aliphatic heterocycles. The fourth-order valence-corrected chi connectivity index (χ4v) is 2.79. The Morgan fingerprint density at radius 2 is 1.88 bits per heavy atom. The molecule has 6 nitrogen and oxygen atoms in total. The highest BCUT2D eigenvalue weighted by Gasteiger charge is 2.26. The summed E-state index contributed by atoms with van der Waals surface area (Å²) in [6.07, 6.45) is 2.04. The molecule has 3 rings (SSSR count). The molecule has 0 radical (unpaired) electrons. The maximum Gasteiger partial charge on any atom is 0.293 e. The number of anilines is 1. The predicted octanol–water partition coefficient (Wildman–Crippen LogP) is 3.88. The molecule has 0 spiro atoms. The molecule has 6 heteroatoms. The number of rotatable bonds is 7. The second-order valence-corrected chi connectivity index (χ2v) is 7.34. The number of amides is 1. The molecular formula is C20H23N3O3. The van der Waals surface area contributed by atoms with Crippen molar-refractivity contribution < 1.29 is 9.72 Å². The molecule has 136 valence electrons. The van der Waals surface area contributed by atoms with Crippen LogP contribution in [0.5, 0.6) is 0 Å². The molecule has 1 fully saturated rings. The van der Waals surface area contributed by atoms with Gasteiger partial charge in [0.2, 0.25) is 0 Å². The number of nitro benzene ring substituents is 1. The molecule has 0 saturated heterocycles. The van der Waals surface area contributed by atoms with E-state index < -0.39 is 4.92 Å². The summed E-state index contributed by atoms with van der Waals surface area (Å²) in [7, 11) is 0. The van der Waals surface area contributed by atoms with Crippen LogP contribution in [0.25, 0.3) is 0 Å². The van der Waals surface area contributed by atoms with E-state index in [-0.39, 0.29) is 17.0 Å². The Hall–Kier alpha value is -2.89. The lowest BCUT2D eigenvalue weighted by atomic mass is 9.84. The zero-order chi connectivity index (χ0) is 18.7. The summed E-state index contributed by atoms with van der Waals surface area (Å²) in [5.74, 6) is -0.310. The summed E-state index contributed by atoms with van der Waals surface area (Å²) in [4.78, 5) is 23.4. The van der Waals surface area contributed by atoms with Gasteiger partial charge in [-0.1, -0.05) is 44.2 Å². The molecule has 0 heterocycles. The van der Waals surface area contributed by atoms with Crippen molar-refractivity contribution in [1.82, 2.24) is 5.32 Å². The maximum atomic E-state index is 12.5. The van der Waals surface area contributed by atoms with Gasteiger partial charge in [-0.15, -0.1) is 0 Å². The minimum Gasteiger partial charge on any atom is -0.377 e. The molecule has 1 aliphatic rings. The van der Waals surface area contributed by atoms with E-state index in [1.165, 1.54) is 6.07 Å². The Kier molecular flexibility index (Phi) is 4.93. The van der Waals surface area contributed by atoms with E-state index >= 15 is 0 Å². The molecule has 0 aromatic heterocycles. The largest absolute Gasteiger partial charge is 0.377 e. The summed E-state index contributed by atoms with van der Waals surface area (Å²) < 4.78 is 0. The molecule has 1 amide bonds. The molecule has 0 atom stereocenters. The first kappa shape index (κ1) is 17.9. The van der Waals surface area contributed by atoms with Crippen LogP contribution in [-0.2, 0) is 5.41 Å². The van der Waals surface area contributed by atoms with Crippen molar-refractivity contribution in [3.8, 4) is 0 Å². The van der Waals surface area contributed by atoms with Crippen molar-refractivity contribution in [2.75, 3.05) is 11.9 Å². The van der Waals surface area contributed by atoms with Gasteiger partial charge < -0.3 is 10.6 Å². The third-order valence-electron chi connectivity index (χ3n) is 4.64. The number of hydrogen-bond donors (Lipinski definition) is 2. The zero-order valence-electron chi connectivity index (χ0n) is 15.0. The van der Waals surface area contributed by atoms with Crippen LogP contribution in [0, 0.1) is 10.1 Å². The molecule has 2 aromatic rings. The first-order valence-electron chi connectivity index (χ1n) is 8.75. The van der Waals surface area contributed by atoms with E-state index in [1.807, 2.05) is 44.2 Å². The summed E-state index contributed by atoms with van der Waals surface area (Å²) >= 11 is 0. The molecule has 1 saturated carbocycles. The van der Waals surface area contributed by atoms with Crippen molar-refractivity contribution in [3.63, 3.8) is 0 Å². The van der Waals surface area contributed by atoms with Gasteiger partial charge in [-0.2, -0.15) is 0 Å². The SMILES string of the molecule is CC(C)(CNC(=O)c1ccc(NC2CC2)c([N+](=O)[O-])c1)c1ccccc1. The van der Waals surface area contributed by atoms with Crippen molar-refractivity contribution in [2.24, 2.45) is 0 Å². The number of nitrogens with one attached hydrogen (secondary N) is 2. The van der Waals surface area contributed by atoms with Crippen LogP contribution in [0.3, 0.4) is 0 Å². The van der Waals surface area contributed by atoms with Gasteiger partial charge in [0.25, 0.3) is 11.6 Å². The second kappa shape index (κ2) is 7.15. The monoisotopic (exact) mass is 353 g/mol. The van der Waals surface area contributed by atoms with Crippen LogP contribution < -0.4 is 10.6 Å². The van der Waals surface area contributed by atoms with Crippen LogP contribution in [0.2, 0.25) is 0 Å². The smallest absolute Gasteiger partial charge is 0.293 e. The molecule has 1 aliphatic carbocycles. The van der Waals surface area contributed by atoms with Crippen LogP contribution in [0.1, 0.15) is 42.6 Å². The molecule has 2 N–H and O–H groups in total. The number of carbonyl (C=O) groups excluding carboxylic acids is 1. The van der Waals surface area contributed by atoms with E-state index in [4.69, 9.17) is 0 Å². The standard InChI is InChI=1S/C20H23N3O3/c1-20(2,15-6-4-3-5-7-15)13-21-19(24)14-8-11-17(22-16-9-10-16)18(12-14)23(25)26/h3-8,11-12,16,22H,9-10,13H2,1-2H3,(H,21,24). The van der Waals surface area contributed by atoms with Gasteiger partial charge in [-0.25, -0.2) is 0 Å². The lowest BCUT2D eigenvalue weighted by Gasteiger charge is -2.25. The van der Waals surface area contributed by atoms with E-state index in [1.54, 1.807) is 12.1 Å². The second-order valence-electron chi connectivity index (χ2n) is 7.34. The van der Waals surface area contributed by atoms with Crippen LogP contribution in [0.4, 0.5) is 11.4 Å². The predicted molar refractivity (Wildman–Crippen MR) is 102 cm³/mol. The maximum absolute atomic E-state index is 12.5. The Labute approximate surface area is 152 Å². The van der Waals surface area contributed by atoms with Crippen LogP contribution >= 0.6 is 0 Å². The van der Waals surface area contributed by atoms with Gasteiger partial charge in [-0.3, -0.25) is 14.9 Å². The highest BCUT2D eigenvalue weighted by atomic mass is 16.6. The summed E-state index contributed by atoms with van der Waals surface area (Å²) in [5.41, 5.74) is 1.58. The Morgan fingerprint density at radius 3 is 2.50 bits per heavy atom. The van der Waals surface area contributed by atoms with E-state index in [9.17, 15) is 14.9 Å². The van der Waals surface area contributed by atoms with Gasteiger partial charge in [0, 0.05) is 29.6 Å². The third kappa shape index (κ3) is 4.20. The first-order valence-corrected chi connectivity index (χ1v) is 8.75. The van der Waals surface area contributed by atoms with Crippen LogP contribution in [-0.4, -0.2) is 23.4 Å². The van der Waals surface area contributed by atoms with Gasteiger partial charge in [-0.05, 0) is 30.5 Å². The quantitative estimate of drug-likeness (QED) is 0.584. The summed E-state index contributed by atoms with van der Waals surface area (Å²) in [5, 5.41) is 17.4. The number of nitrogens with zero attached hydrogens (tertiary/aromatic N) is 1. The van der Waals surface area contributed by atoms with E-state index in [0.29, 0.717) is 23.8 Å². The van der Waals surface area contributed by atoms with E-state index in [2.05, 4.69) is 10.6 Å². The Balaban J connectivity index is 1.71. The molecular weight excluding hydrogens is 330 g/mol. The average molecular weight is 353 g/mol. The molecule has 2 aromatic carbocycles. The number of nitro groups is 1. The number of carbonyl (C=O) groups is 1. The van der Waals surface area contributed by atoms with E-state index in [0.717, 1.165) is 18.4 Å². The van der Waals surface area contributed by atoms with Crippen LogP contribution in [0.15, 0.2) is 48.5 Å². The van der Waals surface area contributed by atoms with Gasteiger partial charge in [0.15, 0.2) is 0 Å². The molecule has 26 heavy (non-hydrogen) atoms. The van der Waals surface area contributed by atoms with Gasteiger partial charge in [0.05, 0.1) is 4.92 Å². The van der Waals surface area contributed by atoms with Crippen molar-refractivity contribution >= 4 is 17.3 Å². The van der Waals surface area contributed by atoms with Gasteiger partial charge >= 0.3 is 0 Å². The highest BCUT2D eigenvalue weighted by molar-refractivity contribution is 5.95. The highest BCUT2D eigenvalue weighted by Crippen LogP contribution is 2.31. The van der Waals surface area contributed by atoms with Crippen molar-refractivity contribution in [1.29, 1.82) is 0 Å². The minimum absolute atomic E-state index is 0.0631. The minimum atomic E-state index is -0.449. The molecule has 0 unspecified atom stereocenters. The fourth-order valence-electron chi connectivity index (χ4n) is 2.79. The van der Waals surface area contributed by atoms with Gasteiger partial charge in [0.1, 0.15) is 5.69 Å². The lowest BCUT2D eigenvalue weighted by Crippen LogP contribution is -2.36. The number of benzene rings is 2. The fraction of sp³-hybridized carbons (Fsp3) is 0.350. The normalized spacial score (nSPS) is 13.9. The number of hydrogen-bond acceptors (Lipinski definition) is 4. The third-order valence-corrected chi connectivity index (χ3v) is 4.64. The zero-order valence-corrected chi connectivity index (χ0v) is 15.0. The average Bonchev–Trinajstić information content (AvgIpc) is 3.44. The first-order chi connectivity index (χ1) is 12.4. The topological polar surface area (TPSA) is 84.3 Å². The van der Waals surface area contributed by atoms with Crippen molar-refractivity contribution in [3.05, 3.63) is 69.8 Å². The lowest BCUT2D eigenvalue weighted by molar-refractivity contribution is -0.384. The Morgan fingerprint density at radius 1 is 1.19 bits per heavy atom. The molecule has 0 bridgehead atoms.